The molecular weight excluding hydrogens is 803 g/mol. The Labute approximate surface area is 343 Å². The fourth-order valence-electron chi connectivity index (χ4n) is 5.91. The normalized spacial score (nSPS) is 17.3. The van der Waals surface area contributed by atoms with Crippen molar-refractivity contribution in [3.8, 4) is 0 Å². The molecule has 2 saturated heterocycles. The van der Waals surface area contributed by atoms with E-state index >= 15 is 0 Å². The summed E-state index contributed by atoms with van der Waals surface area (Å²) in [6.07, 6.45) is 5.70. The number of thioether (sulfide) groups is 1. The quantitative estimate of drug-likeness (QED) is 0.0415. The van der Waals surface area contributed by atoms with Crippen LogP contribution in [-0.2, 0) is 46.8 Å². The number of unbranched alkanes of at least 4 members (excludes halogenated alkanes) is 1. The number of pyridine rings is 1. The van der Waals surface area contributed by atoms with Crippen LogP contribution in [0.15, 0.2) is 26.3 Å². The molecule has 1 unspecified atom stereocenters. The SMILES string of the molecule is Cn1c(=O)oc(=O)c2cc(CCC(=O)NCCSSCCNC(=O)CCOCCOCCOCCOCCNC(=O)CCCCC3SC[C@@H]4NC(=O)N[C@H]34)cnc21. The number of aromatic nitrogens is 2. The van der Waals surface area contributed by atoms with E-state index in [2.05, 4.69) is 36.0 Å². The maximum absolute atomic E-state index is 12.2. The number of fused-ring (bicyclic) bond motifs is 2. The lowest BCUT2D eigenvalue weighted by Gasteiger charge is -2.16. The monoisotopic (exact) mass is 857 g/mol. The molecule has 5 amide bonds. The maximum Gasteiger partial charge on any atom is 0.423 e. The smallest absolute Gasteiger partial charge is 0.379 e. The third kappa shape index (κ3) is 17.6. The predicted molar refractivity (Wildman–Crippen MR) is 220 cm³/mol. The van der Waals surface area contributed by atoms with E-state index in [9.17, 15) is 28.8 Å². The van der Waals surface area contributed by atoms with Gasteiger partial charge in [0, 0.05) is 74.6 Å². The van der Waals surface area contributed by atoms with Gasteiger partial charge in [0.2, 0.25) is 17.7 Å². The number of hydrogen-bond donors (Lipinski definition) is 5. The maximum atomic E-state index is 12.2. The first-order valence-corrected chi connectivity index (χ1v) is 22.8. The first-order chi connectivity index (χ1) is 27.7. The molecule has 5 N–H and O–H groups in total. The van der Waals surface area contributed by atoms with Crippen molar-refractivity contribution in [1.29, 1.82) is 0 Å². The molecule has 2 aromatic heterocycles. The molecule has 0 saturated carbocycles. The van der Waals surface area contributed by atoms with Gasteiger partial charge >= 0.3 is 17.4 Å². The minimum Gasteiger partial charge on any atom is -0.379 e. The van der Waals surface area contributed by atoms with Gasteiger partial charge in [0.1, 0.15) is 5.39 Å². The van der Waals surface area contributed by atoms with Crippen LogP contribution in [0.3, 0.4) is 0 Å². The van der Waals surface area contributed by atoms with E-state index in [1.54, 1.807) is 33.9 Å². The van der Waals surface area contributed by atoms with E-state index in [0.29, 0.717) is 102 Å². The van der Waals surface area contributed by atoms with E-state index in [1.165, 1.54) is 7.05 Å². The predicted octanol–water partition coefficient (Wildman–Crippen LogP) is 0.732. The number of nitrogens with zero attached hydrogens (tertiary/aromatic N) is 2. The van der Waals surface area contributed by atoms with Crippen molar-refractivity contribution >= 4 is 68.1 Å². The molecule has 318 valence electrons. The van der Waals surface area contributed by atoms with Crippen LogP contribution in [0.25, 0.3) is 11.0 Å². The first-order valence-electron chi connectivity index (χ1n) is 19.2. The molecule has 0 bridgehead atoms. The summed E-state index contributed by atoms with van der Waals surface area (Å²) < 4.78 is 27.8. The summed E-state index contributed by atoms with van der Waals surface area (Å²) in [5.41, 5.74) is 0.180. The largest absolute Gasteiger partial charge is 0.423 e. The lowest BCUT2D eigenvalue weighted by atomic mass is 10.0. The Morgan fingerprint density at radius 3 is 2.14 bits per heavy atom. The third-order valence-electron chi connectivity index (χ3n) is 8.89. The number of urea groups is 1. The molecule has 4 heterocycles. The number of aryl methyl sites for hydroxylation is 2. The average molecular weight is 858 g/mol. The zero-order chi connectivity index (χ0) is 40.7. The standard InChI is InChI=1S/C36H55N7O11S3/c1-43-33-26(34(47)54-36(43)49)22-25(23-40-33)6-7-30(45)38-10-20-56-57-21-11-39-31(46)8-12-50-14-16-52-18-19-53-17-15-51-13-9-37-29(44)5-3-2-4-28-32-27(24-55-28)41-35(48)42-32/h22-23,27-28,32H,2-21,24H2,1H3,(H,37,44)(H,38,45)(H,39,46)(H2,41,42,48)/t27-,28?,32-/m0/s1. The van der Waals surface area contributed by atoms with Crippen molar-refractivity contribution in [2.24, 2.45) is 7.05 Å². The number of rotatable bonds is 30. The Morgan fingerprint density at radius 1 is 0.825 bits per heavy atom. The van der Waals surface area contributed by atoms with Crippen LogP contribution in [0.4, 0.5) is 4.79 Å². The number of carbonyl (C=O) groups is 4. The van der Waals surface area contributed by atoms with Gasteiger partial charge < -0.3 is 49.9 Å². The molecule has 0 radical (unpaired) electrons. The zero-order valence-electron chi connectivity index (χ0n) is 32.3. The van der Waals surface area contributed by atoms with Gasteiger partial charge in [-0.25, -0.2) is 19.4 Å². The number of hydrogen-bond acceptors (Lipinski definition) is 15. The van der Waals surface area contributed by atoms with Gasteiger partial charge in [0.15, 0.2) is 5.65 Å². The average Bonchev–Trinajstić information content (AvgIpc) is 3.76. The molecule has 0 aromatic carbocycles. The van der Waals surface area contributed by atoms with E-state index in [0.717, 1.165) is 35.3 Å². The molecule has 3 atom stereocenters. The first kappa shape index (κ1) is 46.4. The van der Waals surface area contributed by atoms with Gasteiger partial charge in [0.25, 0.3) is 0 Å². The second kappa shape index (κ2) is 26.6. The van der Waals surface area contributed by atoms with Crippen molar-refractivity contribution in [1.82, 2.24) is 36.1 Å². The summed E-state index contributed by atoms with van der Waals surface area (Å²) >= 11 is 1.89. The Kier molecular flexibility index (Phi) is 21.6. The highest BCUT2D eigenvalue weighted by molar-refractivity contribution is 8.76. The molecule has 2 fully saturated rings. The van der Waals surface area contributed by atoms with Crippen LogP contribution >= 0.6 is 33.3 Å². The number of nitrogens with one attached hydrogen (secondary N) is 5. The van der Waals surface area contributed by atoms with E-state index < -0.39 is 11.4 Å². The fraction of sp³-hybridized carbons (Fsp3) is 0.694. The summed E-state index contributed by atoms with van der Waals surface area (Å²) in [7, 11) is 4.69. The lowest BCUT2D eigenvalue weighted by Crippen LogP contribution is -2.36. The minimum atomic E-state index is -0.777. The van der Waals surface area contributed by atoms with Crippen LogP contribution in [0.1, 0.15) is 44.1 Å². The van der Waals surface area contributed by atoms with Crippen LogP contribution in [0.5, 0.6) is 0 Å². The third-order valence-corrected chi connectivity index (χ3v) is 12.8. The Balaban J connectivity index is 0.827. The highest BCUT2D eigenvalue weighted by Gasteiger charge is 2.42. The topological polar surface area (TPSA) is 230 Å². The van der Waals surface area contributed by atoms with Gasteiger partial charge in [0.05, 0.1) is 64.9 Å². The van der Waals surface area contributed by atoms with Crippen molar-refractivity contribution in [2.75, 3.05) is 89.7 Å². The van der Waals surface area contributed by atoms with E-state index in [1.807, 2.05) is 11.8 Å². The molecule has 18 nitrogen and oxygen atoms in total. The summed E-state index contributed by atoms with van der Waals surface area (Å²) in [4.78, 5) is 75.5. The Hall–Kier alpha value is -3.34. The molecule has 2 aromatic rings. The van der Waals surface area contributed by atoms with Crippen LogP contribution < -0.4 is 38.0 Å². The number of carbonyl (C=O) groups excluding carboxylic acids is 4. The van der Waals surface area contributed by atoms with E-state index in [-0.39, 0.29) is 59.7 Å². The zero-order valence-corrected chi connectivity index (χ0v) is 34.8. The molecule has 0 aliphatic carbocycles. The highest BCUT2D eigenvalue weighted by atomic mass is 33.1. The molecule has 4 rings (SSSR count). The van der Waals surface area contributed by atoms with Gasteiger partial charge in [-0.15, -0.1) is 0 Å². The van der Waals surface area contributed by atoms with Gasteiger partial charge in [-0.2, -0.15) is 11.8 Å². The molecule has 2 aliphatic heterocycles. The molecule has 57 heavy (non-hydrogen) atoms. The fourth-order valence-corrected chi connectivity index (χ4v) is 9.27. The van der Waals surface area contributed by atoms with Crippen molar-refractivity contribution in [2.45, 2.75) is 62.3 Å². The van der Waals surface area contributed by atoms with Crippen LogP contribution in [-0.4, -0.2) is 140 Å². The van der Waals surface area contributed by atoms with Gasteiger partial charge in [-0.05, 0) is 30.9 Å². The van der Waals surface area contributed by atoms with Gasteiger partial charge in [-0.3, -0.25) is 19.0 Å². The summed E-state index contributed by atoms with van der Waals surface area (Å²) in [6, 6.07) is 1.96. The van der Waals surface area contributed by atoms with Crippen LogP contribution in [0.2, 0.25) is 0 Å². The van der Waals surface area contributed by atoms with Crippen molar-refractivity contribution in [3.63, 3.8) is 0 Å². The second-order valence-corrected chi connectivity index (χ2v) is 17.2. The Bertz CT molecular complexity index is 1700. The lowest BCUT2D eigenvalue weighted by molar-refractivity contribution is -0.122. The van der Waals surface area contributed by atoms with E-state index in [4.69, 9.17) is 18.9 Å². The number of ether oxygens (including phenoxy) is 4. The van der Waals surface area contributed by atoms with Crippen molar-refractivity contribution < 1.29 is 42.5 Å². The highest BCUT2D eigenvalue weighted by Crippen LogP contribution is 2.33. The molecule has 0 spiro atoms. The van der Waals surface area contributed by atoms with Crippen LogP contribution in [0, 0.1) is 0 Å². The van der Waals surface area contributed by atoms with Gasteiger partial charge in [-0.1, -0.05) is 28.0 Å². The molecular formula is C36H55N7O11S3. The second-order valence-electron chi connectivity index (χ2n) is 13.2. The summed E-state index contributed by atoms with van der Waals surface area (Å²) in [6.45, 7) is 4.71. The number of amides is 5. The Morgan fingerprint density at radius 2 is 1.44 bits per heavy atom. The molecule has 2 aliphatic rings. The summed E-state index contributed by atoms with van der Waals surface area (Å²) in [5.74, 6) is 1.43. The van der Waals surface area contributed by atoms with Crippen molar-refractivity contribution in [3.05, 3.63) is 38.8 Å². The molecule has 21 heteroatoms. The summed E-state index contributed by atoms with van der Waals surface area (Å²) in [5, 5.41) is 15.2. The minimum absolute atomic E-state index is 0.0237.